The van der Waals surface area contributed by atoms with Crippen LogP contribution in [0.25, 0.3) is 16.9 Å². The third kappa shape index (κ3) is 3.65. The normalized spacial score (nSPS) is 26.0. The van der Waals surface area contributed by atoms with E-state index in [0.717, 1.165) is 0 Å². The van der Waals surface area contributed by atoms with Gasteiger partial charge in [0.25, 0.3) is 5.91 Å². The van der Waals surface area contributed by atoms with Crippen molar-refractivity contribution >= 4 is 28.9 Å². The van der Waals surface area contributed by atoms with Gasteiger partial charge < -0.3 is 31.1 Å². The lowest BCUT2D eigenvalue weighted by molar-refractivity contribution is -0.153. The van der Waals surface area contributed by atoms with Gasteiger partial charge in [-0.1, -0.05) is 12.1 Å². The van der Waals surface area contributed by atoms with Gasteiger partial charge in [-0.05, 0) is 62.2 Å². The highest BCUT2D eigenvalue weighted by Gasteiger charge is 2.64. The number of phenolic OH excluding ortho intramolecular Hbond substituents is 1. The number of hydrogen-bond donors (Lipinski definition) is 5. The molecule has 210 valence electrons. The maximum atomic E-state index is 14.0. The largest absolute Gasteiger partial charge is 0.508 e. The molecular formula is C29H30FN3O7. The van der Waals surface area contributed by atoms with Crippen molar-refractivity contribution in [1.82, 2.24) is 4.90 Å². The summed E-state index contributed by atoms with van der Waals surface area (Å²) in [7, 11) is 6.65. The number of ketones is 2. The van der Waals surface area contributed by atoms with Gasteiger partial charge in [0.1, 0.15) is 28.7 Å². The summed E-state index contributed by atoms with van der Waals surface area (Å²) in [5, 5.41) is 45.7. The number of fused-ring (bicyclic) bond motifs is 3. The van der Waals surface area contributed by atoms with E-state index in [1.54, 1.807) is 39.2 Å². The van der Waals surface area contributed by atoms with Crippen LogP contribution < -0.4 is 10.6 Å². The number of primary amides is 1. The van der Waals surface area contributed by atoms with E-state index in [0.29, 0.717) is 16.8 Å². The van der Waals surface area contributed by atoms with Gasteiger partial charge in [0.2, 0.25) is 5.78 Å². The second kappa shape index (κ2) is 9.17. The van der Waals surface area contributed by atoms with Gasteiger partial charge in [0.05, 0.1) is 11.6 Å². The van der Waals surface area contributed by atoms with Gasteiger partial charge in [0, 0.05) is 36.8 Å². The highest BCUT2D eigenvalue weighted by atomic mass is 19.1. The minimum atomic E-state index is -2.71. The van der Waals surface area contributed by atoms with Crippen LogP contribution in [-0.2, 0) is 20.8 Å². The molecule has 10 nitrogen and oxygen atoms in total. The molecule has 11 heteroatoms. The third-order valence-electron chi connectivity index (χ3n) is 8.33. The van der Waals surface area contributed by atoms with E-state index in [1.807, 2.05) is 0 Å². The number of nitrogens with zero attached hydrogens (tertiary/aromatic N) is 2. The van der Waals surface area contributed by atoms with Crippen molar-refractivity contribution in [2.75, 3.05) is 33.1 Å². The predicted molar refractivity (Wildman–Crippen MR) is 144 cm³/mol. The number of anilines is 1. The van der Waals surface area contributed by atoms with Crippen LogP contribution in [0.4, 0.5) is 10.1 Å². The molecule has 2 aromatic carbocycles. The minimum Gasteiger partial charge on any atom is -0.508 e. The van der Waals surface area contributed by atoms with Gasteiger partial charge in [-0.25, -0.2) is 4.39 Å². The monoisotopic (exact) mass is 551 g/mol. The van der Waals surface area contributed by atoms with Crippen LogP contribution in [0.2, 0.25) is 0 Å². The molecule has 4 atom stereocenters. The topological polar surface area (TPSA) is 165 Å². The van der Waals surface area contributed by atoms with Crippen molar-refractivity contribution in [1.29, 1.82) is 0 Å². The Morgan fingerprint density at radius 1 is 1.07 bits per heavy atom. The number of phenols is 1. The molecule has 1 saturated carbocycles. The number of halogens is 1. The second-order valence-corrected chi connectivity index (χ2v) is 11.0. The van der Waals surface area contributed by atoms with E-state index < -0.39 is 63.9 Å². The number of rotatable bonds is 4. The van der Waals surface area contributed by atoms with Crippen LogP contribution in [0.5, 0.6) is 5.75 Å². The fraction of sp³-hybridized carbons (Fsp3) is 0.345. The Bertz CT molecular complexity index is 1540. The Balaban J connectivity index is 1.77. The molecule has 0 unspecified atom stereocenters. The Hall–Kier alpha value is -4.22. The SMILES string of the molecule is CN(C)c1cc(-c2ccc(F)cc2)c(O)c2c1C[C@H]1C[C@H]3[C@H](N(C)C)C(=O)C(C(N)=O)=C(O)[C@@]3(O)C(=O)C1=C2O. The van der Waals surface area contributed by atoms with Crippen LogP contribution in [0.15, 0.2) is 47.2 Å². The molecule has 0 radical (unpaired) electrons. The first-order valence-corrected chi connectivity index (χ1v) is 12.7. The summed E-state index contributed by atoms with van der Waals surface area (Å²) >= 11 is 0. The zero-order chi connectivity index (χ0) is 29.4. The van der Waals surface area contributed by atoms with Crippen molar-refractivity contribution in [2.45, 2.75) is 24.5 Å². The Morgan fingerprint density at radius 2 is 1.70 bits per heavy atom. The molecule has 0 heterocycles. The summed E-state index contributed by atoms with van der Waals surface area (Å²) in [5.74, 6) is -7.54. The summed E-state index contributed by atoms with van der Waals surface area (Å²) < 4.78 is 13.6. The number of Topliss-reactive ketones (excluding diaryl/α,β-unsaturated/α-hetero) is 2. The van der Waals surface area contributed by atoms with Crippen LogP contribution in [0, 0.1) is 17.7 Å². The van der Waals surface area contributed by atoms with E-state index in [4.69, 9.17) is 5.73 Å². The number of carbonyl (C=O) groups is 3. The molecule has 5 rings (SSSR count). The molecule has 0 bridgehead atoms. The molecule has 1 amide bonds. The molecule has 0 aromatic heterocycles. The molecular weight excluding hydrogens is 521 g/mol. The number of aliphatic hydroxyl groups is 3. The molecule has 1 fully saturated rings. The number of aromatic hydroxyl groups is 1. The summed E-state index contributed by atoms with van der Waals surface area (Å²) in [6.07, 6.45) is 0.165. The Morgan fingerprint density at radius 3 is 2.25 bits per heavy atom. The van der Waals surface area contributed by atoms with Gasteiger partial charge in [-0.3, -0.25) is 19.3 Å². The number of nitrogens with two attached hydrogens (primary N) is 1. The predicted octanol–water partition coefficient (Wildman–Crippen LogP) is 1.84. The third-order valence-corrected chi connectivity index (χ3v) is 8.33. The molecule has 0 aliphatic heterocycles. The van der Waals surface area contributed by atoms with Crippen molar-refractivity contribution in [3.63, 3.8) is 0 Å². The maximum Gasteiger partial charge on any atom is 0.255 e. The van der Waals surface area contributed by atoms with E-state index in [9.17, 15) is 39.2 Å². The van der Waals surface area contributed by atoms with Crippen LogP contribution >= 0.6 is 0 Å². The van der Waals surface area contributed by atoms with E-state index in [1.165, 1.54) is 29.2 Å². The summed E-state index contributed by atoms with van der Waals surface area (Å²) in [6, 6.07) is 5.96. The zero-order valence-corrected chi connectivity index (χ0v) is 22.4. The fourth-order valence-electron chi connectivity index (χ4n) is 6.54. The molecule has 0 spiro atoms. The standard InChI is InChI=1S/C29H30FN3O7/c1-32(2)18-11-15(12-5-7-14(30)8-6-12)23(34)20-16(18)9-13-10-17-22(33(3)4)25(36)21(28(31)39)27(38)29(17,40)26(37)19(13)24(20)35/h5-8,11,13,17,22,34-35,38,40H,9-10H2,1-4H3,(H2,31,39)/t13-,17-,22-,29-/m0/s1. The first-order valence-electron chi connectivity index (χ1n) is 12.7. The first kappa shape index (κ1) is 27.4. The molecule has 3 aliphatic carbocycles. The van der Waals surface area contributed by atoms with Crippen LogP contribution in [0.1, 0.15) is 17.5 Å². The number of carbonyl (C=O) groups excluding carboxylic acids is 3. The summed E-state index contributed by atoms with van der Waals surface area (Å²) in [4.78, 5) is 42.6. The lowest BCUT2D eigenvalue weighted by Gasteiger charge is -2.50. The van der Waals surface area contributed by atoms with Crippen molar-refractivity contribution in [3.8, 4) is 16.9 Å². The highest BCUT2D eigenvalue weighted by molar-refractivity contribution is 6.24. The fourth-order valence-corrected chi connectivity index (χ4v) is 6.54. The average Bonchev–Trinajstić information content (AvgIpc) is 2.86. The van der Waals surface area contributed by atoms with Crippen molar-refractivity contribution < 1.29 is 39.2 Å². The zero-order valence-electron chi connectivity index (χ0n) is 22.4. The van der Waals surface area contributed by atoms with E-state index in [2.05, 4.69) is 0 Å². The summed E-state index contributed by atoms with van der Waals surface area (Å²) in [6.45, 7) is 0. The molecule has 40 heavy (non-hydrogen) atoms. The number of likely N-dealkylation sites (N-methyl/N-ethyl adjacent to an activating group) is 1. The first-order chi connectivity index (χ1) is 18.7. The lowest BCUT2D eigenvalue weighted by Crippen LogP contribution is -2.65. The highest BCUT2D eigenvalue weighted by Crippen LogP contribution is 2.54. The average molecular weight is 552 g/mol. The molecule has 2 aromatic rings. The van der Waals surface area contributed by atoms with Crippen LogP contribution in [-0.4, -0.2) is 82.6 Å². The number of aliphatic hydroxyl groups excluding tert-OH is 2. The van der Waals surface area contributed by atoms with Crippen molar-refractivity contribution in [3.05, 3.63) is 64.2 Å². The number of benzene rings is 2. The second-order valence-electron chi connectivity index (χ2n) is 11.0. The molecule has 3 aliphatic rings. The number of hydrogen-bond acceptors (Lipinski definition) is 9. The minimum absolute atomic E-state index is 0.000887. The van der Waals surface area contributed by atoms with Gasteiger partial charge in [-0.15, -0.1) is 0 Å². The Kier molecular flexibility index (Phi) is 6.27. The number of amides is 1. The maximum absolute atomic E-state index is 14.0. The van der Waals surface area contributed by atoms with Gasteiger partial charge in [-0.2, -0.15) is 0 Å². The van der Waals surface area contributed by atoms with Gasteiger partial charge in [0.15, 0.2) is 11.4 Å². The van der Waals surface area contributed by atoms with Crippen molar-refractivity contribution in [2.24, 2.45) is 17.6 Å². The molecule has 0 saturated heterocycles. The smallest absolute Gasteiger partial charge is 0.255 e. The quantitative estimate of drug-likeness (QED) is 0.357. The lowest BCUT2D eigenvalue weighted by atomic mass is 9.57. The summed E-state index contributed by atoms with van der Waals surface area (Å²) in [5.41, 5.74) is 3.45. The Labute approximate surface area is 229 Å². The van der Waals surface area contributed by atoms with Crippen LogP contribution in [0.3, 0.4) is 0 Å². The van der Waals surface area contributed by atoms with Gasteiger partial charge >= 0.3 is 0 Å². The van der Waals surface area contributed by atoms with E-state index >= 15 is 0 Å². The van der Waals surface area contributed by atoms with E-state index in [-0.39, 0.29) is 35.3 Å². The molecule has 6 N–H and O–H groups in total.